The maximum Gasteiger partial charge on any atom is 0.0568 e. The molecule has 0 aliphatic rings. The second-order valence-electron chi connectivity index (χ2n) is 20.6. The molecule has 77 heavy (non-hydrogen) atoms. The van der Waals surface area contributed by atoms with E-state index >= 15 is 0 Å². The van der Waals surface area contributed by atoms with E-state index in [1.165, 1.54) is 86.7 Å². The first-order chi connectivity index (χ1) is 38.2. The SMILES string of the molecule is c1ccc(N(c2cc3ccc4cccc5c4c3c(c2)n5-c2ccccc2)c2cc3ccc4cc(N(c5ccccc5)c5cc6ccc7cccc8c7c6c(c5)n8-c5ccccc5)cc5c4c3c(c2)n5-c2ccccc2)cc1. The lowest BCUT2D eigenvalue weighted by Gasteiger charge is -2.27. The van der Waals surface area contributed by atoms with Crippen molar-refractivity contribution in [2.45, 2.75) is 0 Å². The minimum Gasteiger partial charge on any atom is -0.310 e. The van der Waals surface area contributed by atoms with Gasteiger partial charge in [0.15, 0.2) is 0 Å². The average Bonchev–Trinajstić information content (AvgIpc) is 4.17. The summed E-state index contributed by atoms with van der Waals surface area (Å²) < 4.78 is 7.39. The van der Waals surface area contributed by atoms with E-state index in [9.17, 15) is 0 Å². The van der Waals surface area contributed by atoms with Gasteiger partial charge in [-0.2, -0.15) is 0 Å². The van der Waals surface area contributed by atoms with Crippen molar-refractivity contribution in [1.29, 1.82) is 0 Å². The van der Waals surface area contributed by atoms with E-state index in [0.29, 0.717) is 0 Å². The van der Waals surface area contributed by atoms with Crippen molar-refractivity contribution in [2.75, 3.05) is 9.80 Å². The zero-order valence-corrected chi connectivity index (χ0v) is 41.7. The topological polar surface area (TPSA) is 21.3 Å². The highest BCUT2D eigenvalue weighted by atomic mass is 15.2. The van der Waals surface area contributed by atoms with Crippen molar-refractivity contribution in [2.24, 2.45) is 0 Å². The lowest BCUT2D eigenvalue weighted by Crippen LogP contribution is -2.10. The lowest BCUT2D eigenvalue weighted by molar-refractivity contribution is 1.17. The van der Waals surface area contributed by atoms with E-state index in [1.807, 2.05) is 0 Å². The Morgan fingerprint density at radius 1 is 0.182 bits per heavy atom. The second-order valence-corrected chi connectivity index (χ2v) is 20.6. The predicted octanol–water partition coefficient (Wildman–Crippen LogP) is 19.7. The molecule has 0 amide bonds. The zero-order valence-electron chi connectivity index (χ0n) is 41.7. The van der Waals surface area contributed by atoms with Crippen molar-refractivity contribution in [3.05, 3.63) is 273 Å². The molecular formula is C72H45N5. The van der Waals surface area contributed by atoms with Crippen LogP contribution >= 0.6 is 0 Å². The summed E-state index contributed by atoms with van der Waals surface area (Å²) >= 11 is 0. The van der Waals surface area contributed by atoms with E-state index < -0.39 is 0 Å². The smallest absolute Gasteiger partial charge is 0.0568 e. The highest BCUT2D eigenvalue weighted by Gasteiger charge is 2.27. The summed E-state index contributed by atoms with van der Waals surface area (Å²) in [7, 11) is 0. The fourth-order valence-corrected chi connectivity index (χ4v) is 13.2. The monoisotopic (exact) mass is 979 g/mol. The first kappa shape index (κ1) is 42.0. The molecule has 3 heterocycles. The summed E-state index contributed by atoms with van der Waals surface area (Å²) in [5.74, 6) is 0. The summed E-state index contributed by atoms with van der Waals surface area (Å²) in [5, 5.41) is 15.0. The van der Waals surface area contributed by atoms with Crippen molar-refractivity contribution in [1.82, 2.24) is 13.7 Å². The third-order valence-corrected chi connectivity index (χ3v) is 16.3. The Morgan fingerprint density at radius 2 is 0.442 bits per heavy atom. The number of hydrogen-bond donors (Lipinski definition) is 0. The van der Waals surface area contributed by atoms with E-state index in [0.717, 1.165) is 62.2 Å². The van der Waals surface area contributed by atoms with Crippen LogP contribution in [0.3, 0.4) is 0 Å². The van der Waals surface area contributed by atoms with Gasteiger partial charge in [0, 0.05) is 83.5 Å². The predicted molar refractivity (Wildman–Crippen MR) is 325 cm³/mol. The number of benzene rings is 14. The standard InChI is InChI=1S/C72H45N5/c1-6-20-52(21-7-1)73(57-38-48-34-32-46-18-16-30-61-67(46)69(48)63(42-57)75(61)54-24-10-3-11-25-54)59-40-50-36-37-51-41-60(45-66-72(51)71(50)65(44-59)77(66)56-28-14-5-15-29-56)74(53-22-8-2-9-23-53)58-39-49-35-33-47-19-17-31-62-68(47)70(49)64(43-58)76(62)55-26-12-4-13-27-55/h1-45H. The highest BCUT2D eigenvalue weighted by Crippen LogP contribution is 2.50. The summed E-state index contributed by atoms with van der Waals surface area (Å²) in [6.45, 7) is 0. The summed E-state index contributed by atoms with van der Waals surface area (Å²) in [6, 6.07) is 101. The molecule has 5 heteroatoms. The van der Waals surface area contributed by atoms with E-state index in [-0.39, 0.29) is 0 Å². The Bertz CT molecular complexity index is 4770. The zero-order chi connectivity index (χ0) is 50.3. The molecule has 0 spiro atoms. The number of nitrogens with zero attached hydrogens (tertiary/aromatic N) is 5. The van der Waals surface area contributed by atoms with Gasteiger partial charge in [-0.05, 0) is 154 Å². The fraction of sp³-hybridized carbons (Fsp3) is 0. The van der Waals surface area contributed by atoms with Gasteiger partial charge in [-0.1, -0.05) is 152 Å². The Balaban J connectivity index is 0.920. The van der Waals surface area contributed by atoms with Gasteiger partial charge < -0.3 is 23.5 Å². The van der Waals surface area contributed by atoms with Gasteiger partial charge in [0.2, 0.25) is 0 Å². The molecule has 0 saturated carbocycles. The molecule has 0 atom stereocenters. The van der Waals surface area contributed by atoms with Crippen molar-refractivity contribution in [3.8, 4) is 17.1 Å². The number of para-hydroxylation sites is 5. The highest BCUT2D eigenvalue weighted by molar-refractivity contribution is 6.28. The molecule has 17 rings (SSSR count). The Kier molecular flexibility index (Phi) is 8.77. The number of hydrogen-bond acceptors (Lipinski definition) is 2. The summed E-state index contributed by atoms with van der Waals surface area (Å²) in [4.78, 5) is 4.91. The van der Waals surface area contributed by atoms with Crippen LogP contribution < -0.4 is 9.80 Å². The third kappa shape index (κ3) is 6.11. The molecule has 14 aromatic carbocycles. The van der Waals surface area contributed by atoms with Crippen molar-refractivity contribution in [3.63, 3.8) is 0 Å². The van der Waals surface area contributed by atoms with Crippen molar-refractivity contribution < 1.29 is 0 Å². The minimum atomic E-state index is 1.08. The van der Waals surface area contributed by atoms with Crippen LogP contribution in [-0.4, -0.2) is 13.7 Å². The molecular weight excluding hydrogens is 935 g/mol. The molecule has 0 radical (unpaired) electrons. The second kappa shape index (κ2) is 16.1. The lowest BCUT2D eigenvalue weighted by atomic mass is 9.99. The van der Waals surface area contributed by atoms with Crippen LogP contribution in [0, 0.1) is 0 Å². The first-order valence-corrected chi connectivity index (χ1v) is 26.5. The molecule has 5 nitrogen and oxygen atoms in total. The normalized spacial score (nSPS) is 12.2. The average molecular weight is 980 g/mol. The Morgan fingerprint density at radius 3 is 0.753 bits per heavy atom. The van der Waals surface area contributed by atoms with Crippen LogP contribution in [-0.2, 0) is 0 Å². The largest absolute Gasteiger partial charge is 0.310 e. The molecule has 0 aliphatic carbocycles. The van der Waals surface area contributed by atoms with E-state index in [1.54, 1.807) is 0 Å². The van der Waals surface area contributed by atoms with Crippen LogP contribution in [0.4, 0.5) is 34.1 Å². The molecule has 358 valence electrons. The summed E-state index contributed by atoms with van der Waals surface area (Å²) in [6.07, 6.45) is 0. The van der Waals surface area contributed by atoms with Gasteiger partial charge in [0.1, 0.15) is 0 Å². The van der Waals surface area contributed by atoms with Crippen molar-refractivity contribution >= 4 is 132 Å². The molecule has 3 aromatic heterocycles. The van der Waals surface area contributed by atoms with Crippen LogP contribution in [0.15, 0.2) is 273 Å². The van der Waals surface area contributed by atoms with Gasteiger partial charge in [-0.25, -0.2) is 0 Å². The molecule has 0 bridgehead atoms. The number of anilines is 6. The molecule has 0 aliphatic heterocycles. The summed E-state index contributed by atoms with van der Waals surface area (Å²) in [5.41, 5.74) is 17.0. The maximum absolute atomic E-state index is 2.50. The number of rotatable bonds is 9. The molecule has 17 aromatic rings. The quantitative estimate of drug-likeness (QED) is 0.134. The molecule has 0 N–H and O–H groups in total. The number of aromatic nitrogens is 3. The van der Waals surface area contributed by atoms with Gasteiger partial charge in [-0.3, -0.25) is 0 Å². The van der Waals surface area contributed by atoms with Gasteiger partial charge in [-0.15, -0.1) is 0 Å². The van der Waals surface area contributed by atoms with Crippen LogP contribution in [0.25, 0.3) is 115 Å². The van der Waals surface area contributed by atoms with Crippen LogP contribution in [0.1, 0.15) is 0 Å². The minimum absolute atomic E-state index is 1.08. The Labute approximate surface area is 443 Å². The molecule has 0 saturated heterocycles. The maximum atomic E-state index is 2.50. The van der Waals surface area contributed by atoms with E-state index in [4.69, 9.17) is 0 Å². The van der Waals surface area contributed by atoms with Crippen LogP contribution in [0.2, 0.25) is 0 Å². The third-order valence-electron chi connectivity index (χ3n) is 16.3. The molecule has 0 fully saturated rings. The van der Waals surface area contributed by atoms with Gasteiger partial charge >= 0.3 is 0 Å². The fourth-order valence-electron chi connectivity index (χ4n) is 13.2. The van der Waals surface area contributed by atoms with Gasteiger partial charge in [0.05, 0.1) is 33.1 Å². The first-order valence-electron chi connectivity index (χ1n) is 26.5. The van der Waals surface area contributed by atoms with Crippen LogP contribution in [0.5, 0.6) is 0 Å². The molecule has 0 unspecified atom stereocenters. The van der Waals surface area contributed by atoms with E-state index in [2.05, 4.69) is 296 Å². The Hall–Kier alpha value is -10.4. The van der Waals surface area contributed by atoms with Gasteiger partial charge in [0.25, 0.3) is 0 Å².